The lowest BCUT2D eigenvalue weighted by Crippen LogP contribution is -2.40. The van der Waals surface area contributed by atoms with Gasteiger partial charge in [0.2, 0.25) is 5.91 Å². The fourth-order valence-electron chi connectivity index (χ4n) is 2.12. The van der Waals surface area contributed by atoms with Gasteiger partial charge in [0, 0.05) is 18.1 Å². The number of rotatable bonds is 9. The first-order chi connectivity index (χ1) is 10.9. The van der Waals surface area contributed by atoms with E-state index in [4.69, 9.17) is 14.6 Å². The van der Waals surface area contributed by atoms with Crippen LogP contribution in [0, 0.1) is 0 Å². The van der Waals surface area contributed by atoms with Gasteiger partial charge in [0.05, 0.1) is 20.3 Å². The van der Waals surface area contributed by atoms with Gasteiger partial charge >= 0.3 is 5.97 Å². The summed E-state index contributed by atoms with van der Waals surface area (Å²) in [5.41, 5.74) is 0.548. The fourth-order valence-corrected chi connectivity index (χ4v) is 2.12. The predicted octanol–water partition coefficient (Wildman–Crippen LogP) is 1.50. The quantitative estimate of drug-likeness (QED) is 0.635. The zero-order chi connectivity index (χ0) is 17.4. The highest BCUT2D eigenvalue weighted by Crippen LogP contribution is 2.31. The molecule has 0 aliphatic rings. The summed E-state index contributed by atoms with van der Waals surface area (Å²) in [7, 11) is 3.01. The number of carboxylic acid groups (broad SMARTS) is 1. The van der Waals surface area contributed by atoms with Crippen molar-refractivity contribution in [3.05, 3.63) is 23.8 Å². The number of aliphatic hydroxyl groups is 1. The second kappa shape index (κ2) is 8.99. The third-order valence-electron chi connectivity index (χ3n) is 3.49. The van der Waals surface area contributed by atoms with Gasteiger partial charge in [-0.3, -0.25) is 4.79 Å². The molecule has 0 aliphatic carbocycles. The molecule has 0 bridgehead atoms. The Kier molecular flexibility index (Phi) is 7.34. The number of carbonyl (C=O) groups excluding carboxylic acids is 1. The Morgan fingerprint density at radius 2 is 1.96 bits per heavy atom. The number of hydrogen-bond acceptors (Lipinski definition) is 5. The lowest BCUT2D eigenvalue weighted by molar-refractivity contribution is -0.141. The first kappa shape index (κ1) is 18.8. The number of aliphatic hydroxyl groups excluding tert-OH is 1. The van der Waals surface area contributed by atoms with Gasteiger partial charge in [0.15, 0.2) is 0 Å². The number of benzene rings is 1. The van der Waals surface area contributed by atoms with E-state index in [1.807, 2.05) is 0 Å². The largest absolute Gasteiger partial charge is 0.497 e. The van der Waals surface area contributed by atoms with Crippen molar-refractivity contribution >= 4 is 11.9 Å². The molecule has 7 heteroatoms. The Balaban J connectivity index is 2.64. The van der Waals surface area contributed by atoms with Crippen LogP contribution in [0.4, 0.5) is 0 Å². The van der Waals surface area contributed by atoms with Crippen molar-refractivity contribution in [2.45, 2.75) is 38.3 Å². The maximum absolute atomic E-state index is 11.8. The summed E-state index contributed by atoms with van der Waals surface area (Å²) in [5, 5.41) is 21.5. The summed E-state index contributed by atoms with van der Waals surface area (Å²) in [6, 6.07) is 4.11. The second-order valence-corrected chi connectivity index (χ2v) is 5.03. The van der Waals surface area contributed by atoms with E-state index in [1.165, 1.54) is 14.2 Å². The molecule has 0 radical (unpaired) electrons. The van der Waals surface area contributed by atoms with Gasteiger partial charge in [0.1, 0.15) is 17.5 Å². The SMILES string of the molecule is CCC(NC(=O)CCC(O)c1ccc(OC)cc1OC)C(=O)O. The van der Waals surface area contributed by atoms with E-state index in [0.29, 0.717) is 23.5 Å². The number of carboxylic acids is 1. The van der Waals surface area contributed by atoms with Crippen molar-refractivity contribution < 1.29 is 29.3 Å². The topological polar surface area (TPSA) is 105 Å². The van der Waals surface area contributed by atoms with Gasteiger partial charge in [-0.1, -0.05) is 6.92 Å². The number of nitrogens with one attached hydrogen (secondary N) is 1. The van der Waals surface area contributed by atoms with E-state index in [0.717, 1.165) is 0 Å². The number of aliphatic carboxylic acids is 1. The van der Waals surface area contributed by atoms with Crippen molar-refractivity contribution in [1.29, 1.82) is 0 Å². The first-order valence-electron chi connectivity index (χ1n) is 7.35. The van der Waals surface area contributed by atoms with E-state index < -0.39 is 24.0 Å². The first-order valence-corrected chi connectivity index (χ1v) is 7.35. The molecule has 2 unspecified atom stereocenters. The third kappa shape index (κ3) is 5.45. The fraction of sp³-hybridized carbons (Fsp3) is 0.500. The van der Waals surface area contributed by atoms with Crippen LogP contribution in [0.2, 0.25) is 0 Å². The Labute approximate surface area is 135 Å². The van der Waals surface area contributed by atoms with Crippen LogP contribution in [0.15, 0.2) is 18.2 Å². The standard InChI is InChI=1S/C16H23NO6/c1-4-12(16(20)21)17-15(19)8-7-13(18)11-6-5-10(22-2)9-14(11)23-3/h5-6,9,12-13,18H,4,7-8H2,1-3H3,(H,17,19)(H,20,21). The minimum atomic E-state index is -1.07. The van der Waals surface area contributed by atoms with Crippen LogP contribution in [-0.4, -0.2) is 42.4 Å². The van der Waals surface area contributed by atoms with Gasteiger partial charge in [0.25, 0.3) is 0 Å². The molecule has 0 saturated carbocycles. The van der Waals surface area contributed by atoms with Crippen LogP contribution in [0.1, 0.15) is 37.9 Å². The van der Waals surface area contributed by atoms with Gasteiger partial charge in [-0.15, -0.1) is 0 Å². The Bertz CT molecular complexity index is 545. The van der Waals surface area contributed by atoms with Crippen LogP contribution in [0.25, 0.3) is 0 Å². The molecule has 128 valence electrons. The summed E-state index contributed by atoms with van der Waals surface area (Å²) in [4.78, 5) is 22.6. The molecule has 0 spiro atoms. The van der Waals surface area contributed by atoms with Gasteiger partial charge < -0.3 is 25.0 Å². The van der Waals surface area contributed by atoms with E-state index in [-0.39, 0.29) is 12.8 Å². The molecule has 3 N–H and O–H groups in total. The molecule has 1 rings (SSSR count). The molecule has 0 aliphatic heterocycles. The maximum Gasteiger partial charge on any atom is 0.326 e. The summed E-state index contributed by atoms with van der Waals surface area (Å²) in [6.45, 7) is 1.68. The summed E-state index contributed by atoms with van der Waals surface area (Å²) in [5.74, 6) is -0.416. The molecule has 0 aromatic heterocycles. The summed E-state index contributed by atoms with van der Waals surface area (Å²) >= 11 is 0. The van der Waals surface area contributed by atoms with Crippen molar-refractivity contribution in [3.63, 3.8) is 0 Å². The van der Waals surface area contributed by atoms with E-state index in [1.54, 1.807) is 25.1 Å². The minimum absolute atomic E-state index is 0.0140. The minimum Gasteiger partial charge on any atom is -0.497 e. The maximum atomic E-state index is 11.8. The van der Waals surface area contributed by atoms with Crippen molar-refractivity contribution in [1.82, 2.24) is 5.32 Å². The van der Waals surface area contributed by atoms with Crippen LogP contribution < -0.4 is 14.8 Å². The molecular weight excluding hydrogens is 302 g/mol. The van der Waals surface area contributed by atoms with Crippen molar-refractivity contribution in [3.8, 4) is 11.5 Å². The van der Waals surface area contributed by atoms with E-state index >= 15 is 0 Å². The number of carbonyl (C=O) groups is 2. The highest BCUT2D eigenvalue weighted by molar-refractivity contribution is 5.83. The molecular formula is C16H23NO6. The van der Waals surface area contributed by atoms with E-state index in [2.05, 4.69) is 5.32 Å². The molecule has 23 heavy (non-hydrogen) atoms. The molecule has 1 aromatic rings. The number of amides is 1. The van der Waals surface area contributed by atoms with Crippen LogP contribution in [-0.2, 0) is 9.59 Å². The highest BCUT2D eigenvalue weighted by atomic mass is 16.5. The van der Waals surface area contributed by atoms with Crippen LogP contribution in [0.3, 0.4) is 0 Å². The zero-order valence-corrected chi connectivity index (χ0v) is 13.5. The molecule has 1 amide bonds. The number of methoxy groups -OCH3 is 2. The smallest absolute Gasteiger partial charge is 0.326 e. The summed E-state index contributed by atoms with van der Waals surface area (Å²) in [6.07, 6.45) is -0.424. The highest BCUT2D eigenvalue weighted by Gasteiger charge is 2.19. The van der Waals surface area contributed by atoms with Crippen LogP contribution >= 0.6 is 0 Å². The molecule has 2 atom stereocenters. The Hall–Kier alpha value is -2.28. The molecule has 7 nitrogen and oxygen atoms in total. The van der Waals surface area contributed by atoms with Gasteiger partial charge in [-0.2, -0.15) is 0 Å². The Morgan fingerprint density at radius 3 is 2.48 bits per heavy atom. The number of ether oxygens (including phenoxy) is 2. The van der Waals surface area contributed by atoms with Crippen molar-refractivity contribution in [2.24, 2.45) is 0 Å². The molecule has 0 fully saturated rings. The predicted molar refractivity (Wildman–Crippen MR) is 83.6 cm³/mol. The van der Waals surface area contributed by atoms with Gasteiger partial charge in [-0.05, 0) is 25.0 Å². The summed E-state index contributed by atoms with van der Waals surface area (Å²) < 4.78 is 10.3. The van der Waals surface area contributed by atoms with Crippen LogP contribution in [0.5, 0.6) is 11.5 Å². The average Bonchev–Trinajstić information content (AvgIpc) is 2.56. The second-order valence-electron chi connectivity index (χ2n) is 5.03. The lowest BCUT2D eigenvalue weighted by Gasteiger charge is -2.16. The third-order valence-corrected chi connectivity index (χ3v) is 3.49. The zero-order valence-electron chi connectivity index (χ0n) is 13.5. The van der Waals surface area contributed by atoms with Gasteiger partial charge in [-0.25, -0.2) is 4.79 Å². The van der Waals surface area contributed by atoms with Crippen molar-refractivity contribution in [2.75, 3.05) is 14.2 Å². The molecule has 0 heterocycles. The molecule has 0 saturated heterocycles. The monoisotopic (exact) mass is 325 g/mol. The van der Waals surface area contributed by atoms with E-state index in [9.17, 15) is 14.7 Å². The molecule has 1 aromatic carbocycles. The average molecular weight is 325 g/mol. The number of hydrogen-bond donors (Lipinski definition) is 3. The normalized spacial score (nSPS) is 13.0. The lowest BCUT2D eigenvalue weighted by atomic mass is 10.0. The Morgan fingerprint density at radius 1 is 1.26 bits per heavy atom.